The van der Waals surface area contributed by atoms with Gasteiger partial charge in [0.05, 0.1) is 5.56 Å². The Morgan fingerprint density at radius 1 is 1.20 bits per heavy atom. The third-order valence-corrected chi connectivity index (χ3v) is 1.32. The number of rotatable bonds is 1. The SMILES string of the molecule is O=C([SH2+])c1ccccc1.[OH-]. The summed E-state index contributed by atoms with van der Waals surface area (Å²) in [6.07, 6.45) is 0. The van der Waals surface area contributed by atoms with Gasteiger partial charge in [-0.25, -0.2) is 4.79 Å². The molecule has 0 saturated carbocycles. The van der Waals surface area contributed by atoms with Gasteiger partial charge in [0.25, 0.3) is 0 Å². The lowest BCUT2D eigenvalue weighted by Crippen LogP contribution is -1.90. The summed E-state index contributed by atoms with van der Waals surface area (Å²) in [7, 11) is 0. The van der Waals surface area contributed by atoms with Gasteiger partial charge in [-0.15, -0.1) is 0 Å². The van der Waals surface area contributed by atoms with Crippen molar-refractivity contribution >= 4 is 17.7 Å². The first-order valence-electron chi connectivity index (χ1n) is 2.61. The second kappa shape index (κ2) is 4.09. The van der Waals surface area contributed by atoms with E-state index in [2.05, 4.69) is 12.6 Å². The smallest absolute Gasteiger partial charge is 0.357 e. The lowest BCUT2D eigenvalue weighted by atomic mass is 10.2. The lowest BCUT2D eigenvalue weighted by molar-refractivity contribution is 0.109. The molecule has 0 atom stereocenters. The van der Waals surface area contributed by atoms with Crippen LogP contribution in [0.2, 0.25) is 0 Å². The average molecular weight is 156 g/mol. The van der Waals surface area contributed by atoms with Crippen LogP contribution in [0.5, 0.6) is 0 Å². The topological polar surface area (TPSA) is 47.1 Å². The Hall–Kier alpha value is -0.800. The molecule has 1 rings (SSSR count). The molecule has 0 spiro atoms. The van der Waals surface area contributed by atoms with Crippen LogP contribution in [0.4, 0.5) is 0 Å². The molecule has 0 bridgehead atoms. The molecular formula is C7H8O2S. The molecular weight excluding hydrogens is 148 g/mol. The minimum absolute atomic E-state index is 0. The van der Waals surface area contributed by atoms with Crippen molar-refractivity contribution in [3.05, 3.63) is 35.9 Å². The molecule has 1 aromatic carbocycles. The number of carbonyl (C=O) groups excluding carboxylic acids is 1. The Balaban J connectivity index is 0.000000810. The maximum absolute atomic E-state index is 10.6. The zero-order valence-corrected chi connectivity index (χ0v) is 6.24. The minimum Gasteiger partial charge on any atom is -0.870 e. The maximum Gasteiger partial charge on any atom is 0.357 e. The van der Waals surface area contributed by atoms with E-state index < -0.39 is 0 Å². The van der Waals surface area contributed by atoms with Crippen molar-refractivity contribution in [3.8, 4) is 0 Å². The molecule has 0 aliphatic heterocycles. The molecule has 0 radical (unpaired) electrons. The molecule has 0 aliphatic carbocycles. The van der Waals surface area contributed by atoms with Crippen LogP contribution in [-0.4, -0.2) is 10.6 Å². The van der Waals surface area contributed by atoms with Crippen LogP contribution < -0.4 is 0 Å². The highest BCUT2D eigenvalue weighted by atomic mass is 32.1. The molecule has 0 saturated heterocycles. The van der Waals surface area contributed by atoms with Crippen molar-refractivity contribution in [3.63, 3.8) is 0 Å². The van der Waals surface area contributed by atoms with E-state index in [1.807, 2.05) is 18.2 Å². The van der Waals surface area contributed by atoms with Crippen molar-refractivity contribution in [2.75, 3.05) is 0 Å². The Morgan fingerprint density at radius 2 is 1.70 bits per heavy atom. The second-order valence-corrected chi connectivity index (χ2v) is 2.15. The first kappa shape index (κ1) is 9.20. The minimum atomic E-state index is -0.0735. The summed E-state index contributed by atoms with van der Waals surface area (Å²) >= 11 is 2.89. The van der Waals surface area contributed by atoms with Gasteiger partial charge in [0.15, 0.2) is 0 Å². The molecule has 0 aliphatic rings. The summed E-state index contributed by atoms with van der Waals surface area (Å²) < 4.78 is 0. The van der Waals surface area contributed by atoms with Gasteiger partial charge in [-0.2, -0.15) is 0 Å². The van der Waals surface area contributed by atoms with E-state index in [0.717, 1.165) is 0 Å². The van der Waals surface area contributed by atoms with Crippen LogP contribution in [-0.2, 0) is 12.6 Å². The second-order valence-electron chi connectivity index (χ2n) is 1.70. The van der Waals surface area contributed by atoms with Gasteiger partial charge < -0.3 is 5.48 Å². The number of benzene rings is 1. The van der Waals surface area contributed by atoms with E-state index >= 15 is 0 Å². The summed E-state index contributed by atoms with van der Waals surface area (Å²) in [5, 5.41) is -0.0735. The van der Waals surface area contributed by atoms with Crippen LogP contribution >= 0.6 is 0 Å². The van der Waals surface area contributed by atoms with Gasteiger partial charge in [0.1, 0.15) is 0 Å². The summed E-state index contributed by atoms with van der Waals surface area (Å²) in [5.74, 6) is 0. The fourth-order valence-electron chi connectivity index (χ4n) is 0.590. The predicted molar refractivity (Wildman–Crippen MR) is 42.9 cm³/mol. The van der Waals surface area contributed by atoms with Crippen LogP contribution in [0.25, 0.3) is 0 Å². The Morgan fingerprint density at radius 3 is 2.00 bits per heavy atom. The highest BCUT2D eigenvalue weighted by Gasteiger charge is 2.01. The van der Waals surface area contributed by atoms with E-state index in [1.54, 1.807) is 12.1 Å². The van der Waals surface area contributed by atoms with Crippen molar-refractivity contribution in [2.24, 2.45) is 0 Å². The predicted octanol–water partition coefficient (Wildman–Crippen LogP) is 0.662. The summed E-state index contributed by atoms with van der Waals surface area (Å²) in [4.78, 5) is 10.6. The van der Waals surface area contributed by atoms with Gasteiger partial charge in [-0.05, 0) is 12.1 Å². The normalized spacial score (nSPS) is 8.10. The largest absolute Gasteiger partial charge is 0.870 e. The molecule has 0 fully saturated rings. The van der Waals surface area contributed by atoms with Crippen molar-refractivity contribution in [1.29, 1.82) is 0 Å². The van der Waals surface area contributed by atoms with E-state index in [4.69, 9.17) is 0 Å². The number of hydrogen-bond acceptors (Lipinski definition) is 2. The standard InChI is InChI=1S/C7H6OS.H2O/c8-7(9)6-4-2-1-3-5-6;/h1-5H,(H,8,9);1H2. The van der Waals surface area contributed by atoms with E-state index in [1.165, 1.54) is 0 Å². The zero-order valence-electron chi connectivity index (χ0n) is 5.24. The van der Waals surface area contributed by atoms with Crippen LogP contribution in [0.3, 0.4) is 0 Å². The van der Waals surface area contributed by atoms with Gasteiger partial charge in [0, 0.05) is 12.6 Å². The third kappa shape index (κ3) is 2.21. The van der Waals surface area contributed by atoms with E-state index in [-0.39, 0.29) is 10.6 Å². The van der Waals surface area contributed by atoms with Crippen molar-refractivity contribution in [2.45, 2.75) is 0 Å². The average Bonchev–Trinajstić information content (AvgIpc) is 1.90. The molecule has 0 aromatic heterocycles. The van der Waals surface area contributed by atoms with Gasteiger partial charge in [-0.3, -0.25) is 0 Å². The molecule has 0 unspecified atom stereocenters. The molecule has 10 heavy (non-hydrogen) atoms. The van der Waals surface area contributed by atoms with Crippen LogP contribution in [0.1, 0.15) is 10.4 Å². The van der Waals surface area contributed by atoms with Gasteiger partial charge >= 0.3 is 5.12 Å². The Kier molecular flexibility index (Phi) is 3.76. The quantitative estimate of drug-likeness (QED) is 0.561. The first-order chi connectivity index (χ1) is 4.30. The van der Waals surface area contributed by atoms with Crippen LogP contribution in [0, 0.1) is 0 Å². The van der Waals surface area contributed by atoms with Crippen molar-refractivity contribution < 1.29 is 10.3 Å². The molecule has 0 amide bonds. The molecule has 2 nitrogen and oxygen atoms in total. The first-order valence-corrected chi connectivity index (χ1v) is 3.11. The third-order valence-electron chi connectivity index (χ3n) is 1.04. The highest BCUT2D eigenvalue weighted by molar-refractivity contribution is 7.77. The summed E-state index contributed by atoms with van der Waals surface area (Å²) in [6, 6.07) is 9.05. The fourth-order valence-corrected chi connectivity index (χ4v) is 0.756. The number of carbonyl (C=O) groups is 1. The van der Waals surface area contributed by atoms with Gasteiger partial charge in [-0.1, -0.05) is 18.2 Å². The maximum atomic E-state index is 10.6. The highest BCUT2D eigenvalue weighted by Crippen LogP contribution is 1.96. The van der Waals surface area contributed by atoms with Gasteiger partial charge in [0.2, 0.25) is 0 Å². The molecule has 3 heteroatoms. The Labute approximate surface area is 64.6 Å². The molecule has 1 aromatic rings. The van der Waals surface area contributed by atoms with E-state index in [9.17, 15) is 4.79 Å². The van der Waals surface area contributed by atoms with E-state index in [0.29, 0.717) is 5.56 Å². The molecule has 1 N–H and O–H groups in total. The zero-order chi connectivity index (χ0) is 6.69. The lowest BCUT2D eigenvalue weighted by Gasteiger charge is -1.84. The van der Waals surface area contributed by atoms with Crippen LogP contribution in [0.15, 0.2) is 30.3 Å². The summed E-state index contributed by atoms with van der Waals surface area (Å²) in [6.45, 7) is 0. The molecule has 0 heterocycles. The summed E-state index contributed by atoms with van der Waals surface area (Å²) in [5.41, 5.74) is 0.689. The number of hydrogen-bond donors (Lipinski definition) is 0. The molecule has 54 valence electrons. The van der Waals surface area contributed by atoms with Crippen molar-refractivity contribution in [1.82, 2.24) is 0 Å². The fraction of sp³-hybridized carbons (Fsp3) is 0. The monoisotopic (exact) mass is 156 g/mol. The Bertz CT molecular complexity index is 208.